The molecule has 6 aliphatic carbocycles. The van der Waals surface area contributed by atoms with E-state index in [0.29, 0.717) is 28.5 Å². The minimum atomic E-state index is -0.419. The maximum Gasteiger partial charge on any atom is 0.131 e. The first-order chi connectivity index (χ1) is 36.0. The summed E-state index contributed by atoms with van der Waals surface area (Å²) in [5, 5.41) is 0. The van der Waals surface area contributed by atoms with Crippen LogP contribution in [0.1, 0.15) is 163 Å². The maximum absolute atomic E-state index is 14.3. The molecule has 13 rings (SSSR count). The Bertz CT molecular complexity index is 2520. The van der Waals surface area contributed by atoms with E-state index in [1.165, 1.54) is 126 Å². The van der Waals surface area contributed by atoms with Crippen molar-refractivity contribution in [1.82, 2.24) is 14.7 Å². The number of rotatable bonds is 9. The van der Waals surface area contributed by atoms with Gasteiger partial charge in [0.2, 0.25) is 0 Å². The summed E-state index contributed by atoms with van der Waals surface area (Å²) in [7, 11) is 3.37. The highest BCUT2D eigenvalue weighted by atomic mass is 19.1. The standard InChI is InChI=1S/C25H29F2NO.C21H30FNO.C18H23F2N/c1-29-25-7-4-18(21-15-20(26)5-6-23(21)27)14-22(25)17-8-10-28(11-9-17)24-13-16-2-3-19(24)12-16;1-24-21-7-5-18(22)14-20(21)17-8-10-23(11-9-17)19-6-4-15-2-3-16(12-15)13-19;19-15-3-4-17(20)16(11-15)13-5-7-21(8-6-13)18-10-12-1-2-14(18)9-12/h4-7,14-17,19,24H,2-3,8-13H2,1H3;5,7,14-17,19H,2-4,6,8-13H2,1H3;3-4,11-14,18H,1-2,5-10H2/t16-,19-,24-;;12-,14-,18-/m0.0/s1. The lowest BCUT2D eigenvalue weighted by molar-refractivity contribution is 0.110. The predicted molar refractivity (Wildman–Crippen MR) is 285 cm³/mol. The number of fused-ring (bicyclic) bond motifs is 6. The van der Waals surface area contributed by atoms with Crippen molar-refractivity contribution < 1.29 is 31.4 Å². The number of nitrogens with zero attached hydrogens (tertiary/aromatic N) is 3. The molecule has 3 saturated heterocycles. The number of halogens is 5. The minimum absolute atomic E-state index is 0.145. The van der Waals surface area contributed by atoms with Crippen molar-refractivity contribution in [3.63, 3.8) is 0 Å². The summed E-state index contributed by atoms with van der Waals surface area (Å²) in [6.07, 6.45) is 26.5. The summed E-state index contributed by atoms with van der Waals surface area (Å²) in [6.45, 7) is 6.67. The van der Waals surface area contributed by atoms with Gasteiger partial charge in [0.1, 0.15) is 40.6 Å². The molecule has 6 saturated carbocycles. The summed E-state index contributed by atoms with van der Waals surface area (Å²) in [4.78, 5) is 8.10. The van der Waals surface area contributed by atoms with Crippen LogP contribution >= 0.6 is 0 Å². The van der Waals surface area contributed by atoms with Crippen LogP contribution in [0.2, 0.25) is 0 Å². The van der Waals surface area contributed by atoms with Crippen molar-refractivity contribution in [2.45, 2.75) is 164 Å². The van der Waals surface area contributed by atoms with Crippen molar-refractivity contribution >= 4 is 0 Å². The van der Waals surface area contributed by atoms with Crippen molar-refractivity contribution in [3.05, 3.63) is 119 Å². The largest absolute Gasteiger partial charge is 0.496 e. The topological polar surface area (TPSA) is 28.2 Å². The zero-order valence-electron chi connectivity index (χ0n) is 44.3. The highest BCUT2D eigenvalue weighted by molar-refractivity contribution is 5.67. The molecule has 9 aliphatic rings. The van der Waals surface area contributed by atoms with Crippen molar-refractivity contribution in [2.75, 3.05) is 53.5 Å². The van der Waals surface area contributed by atoms with Crippen LogP contribution in [-0.2, 0) is 0 Å². The first-order valence-corrected chi connectivity index (χ1v) is 29.2. The zero-order valence-corrected chi connectivity index (χ0v) is 44.3. The lowest BCUT2D eigenvalue weighted by Crippen LogP contribution is -2.43. The lowest BCUT2D eigenvalue weighted by Gasteiger charge is -2.40. The second-order valence-electron chi connectivity index (χ2n) is 24.6. The molecule has 4 aromatic rings. The van der Waals surface area contributed by atoms with Gasteiger partial charge in [-0.25, -0.2) is 22.0 Å². The number of methoxy groups -OCH3 is 2. The second kappa shape index (κ2) is 23.3. The summed E-state index contributed by atoms with van der Waals surface area (Å²) >= 11 is 0. The van der Waals surface area contributed by atoms with E-state index in [1.54, 1.807) is 26.4 Å². The van der Waals surface area contributed by atoms with E-state index in [4.69, 9.17) is 9.47 Å². The SMILES string of the molecule is COc1ccc(-c2cc(F)ccc2F)cc1C1CCN([C@H]2C[C@H]3CC[C@H]2C3)CC1.COc1ccc(F)cc1C1CCN(C2CCC3CCC(C3)C2)CC1.Fc1ccc(F)c(C2CCN([C@H]3C[C@H]4CC[C@H]3C4)CC2)c1. The van der Waals surface area contributed by atoms with Gasteiger partial charge in [0.05, 0.1) is 14.2 Å². The molecule has 0 amide bonds. The van der Waals surface area contributed by atoms with Crippen LogP contribution in [-0.4, -0.2) is 86.3 Å². The molecule has 9 atom stereocenters. The number of benzene rings is 4. The molecule has 6 bridgehead atoms. The van der Waals surface area contributed by atoms with Crippen LogP contribution in [0.25, 0.3) is 11.1 Å². The minimum Gasteiger partial charge on any atom is -0.496 e. The predicted octanol–water partition coefficient (Wildman–Crippen LogP) is 15.3. The Labute approximate surface area is 438 Å². The van der Waals surface area contributed by atoms with E-state index in [1.807, 2.05) is 18.2 Å². The Morgan fingerprint density at radius 1 is 0.378 bits per heavy atom. The van der Waals surface area contributed by atoms with Crippen LogP contribution in [0.4, 0.5) is 22.0 Å². The Morgan fingerprint density at radius 2 is 0.824 bits per heavy atom. The molecule has 10 heteroatoms. The van der Waals surface area contributed by atoms with Crippen LogP contribution < -0.4 is 9.47 Å². The van der Waals surface area contributed by atoms with E-state index >= 15 is 0 Å². The van der Waals surface area contributed by atoms with Gasteiger partial charge in [0.15, 0.2) is 0 Å². The summed E-state index contributed by atoms with van der Waals surface area (Å²) in [5.41, 5.74) is 3.81. The summed E-state index contributed by atoms with van der Waals surface area (Å²) in [6, 6.07) is 20.6. The lowest BCUT2D eigenvalue weighted by atomic mass is 9.85. The number of hydrogen-bond donors (Lipinski definition) is 0. The third-order valence-corrected chi connectivity index (χ3v) is 20.5. The van der Waals surface area contributed by atoms with E-state index in [0.717, 1.165) is 160 Å². The average Bonchev–Trinajstić information content (AvgIpc) is 4.31. The van der Waals surface area contributed by atoms with Gasteiger partial charge in [0.25, 0.3) is 0 Å². The highest BCUT2D eigenvalue weighted by Crippen LogP contribution is 2.50. The third-order valence-electron chi connectivity index (χ3n) is 20.5. The monoisotopic (exact) mass is 1020 g/mol. The molecule has 0 N–H and O–H groups in total. The first kappa shape index (κ1) is 52.1. The molecular weight excluding hydrogens is 938 g/mol. The van der Waals surface area contributed by atoms with Crippen LogP contribution in [0.5, 0.6) is 11.5 Å². The fourth-order valence-electron chi connectivity index (χ4n) is 16.7. The highest BCUT2D eigenvalue weighted by Gasteiger charge is 2.45. The van der Waals surface area contributed by atoms with Gasteiger partial charge >= 0.3 is 0 Å². The Morgan fingerprint density at radius 3 is 1.38 bits per heavy atom. The number of likely N-dealkylation sites (tertiary alicyclic amines) is 3. The smallest absolute Gasteiger partial charge is 0.131 e. The quantitative estimate of drug-likeness (QED) is 0.156. The first-order valence-electron chi connectivity index (χ1n) is 29.2. The van der Waals surface area contributed by atoms with Gasteiger partial charge < -0.3 is 24.2 Å². The Hall–Kier alpha value is -3.99. The average molecular weight is 1020 g/mol. The summed E-state index contributed by atoms with van der Waals surface area (Å²) in [5.74, 6) is 7.00. The molecule has 3 heterocycles. The summed E-state index contributed by atoms with van der Waals surface area (Å²) < 4.78 is 80.0. The molecule has 3 aliphatic heterocycles. The van der Waals surface area contributed by atoms with Crippen LogP contribution in [0.3, 0.4) is 0 Å². The number of piperidine rings is 3. The fraction of sp³-hybridized carbons (Fsp3) is 0.625. The molecule has 3 unspecified atom stereocenters. The van der Waals surface area contributed by atoms with Crippen LogP contribution in [0.15, 0.2) is 72.8 Å². The molecule has 0 radical (unpaired) electrons. The van der Waals surface area contributed by atoms with E-state index < -0.39 is 11.6 Å². The molecule has 74 heavy (non-hydrogen) atoms. The van der Waals surface area contributed by atoms with Crippen molar-refractivity contribution in [1.29, 1.82) is 0 Å². The van der Waals surface area contributed by atoms with Gasteiger partial charge in [0, 0.05) is 29.3 Å². The van der Waals surface area contributed by atoms with E-state index in [-0.39, 0.29) is 23.4 Å². The van der Waals surface area contributed by atoms with Gasteiger partial charge in [-0.05, 0) is 279 Å². The van der Waals surface area contributed by atoms with Crippen molar-refractivity contribution in [3.8, 4) is 22.6 Å². The normalized spacial score (nSPS) is 30.7. The van der Waals surface area contributed by atoms with E-state index in [9.17, 15) is 22.0 Å². The number of ether oxygens (including phenoxy) is 2. The Kier molecular flexibility index (Phi) is 16.4. The van der Waals surface area contributed by atoms with Gasteiger partial charge in [-0.1, -0.05) is 31.7 Å². The van der Waals surface area contributed by atoms with E-state index in [2.05, 4.69) is 14.7 Å². The zero-order chi connectivity index (χ0) is 50.9. The molecular formula is C64H82F5N3O2. The van der Waals surface area contributed by atoms with Crippen molar-refractivity contribution in [2.24, 2.45) is 35.5 Å². The van der Waals surface area contributed by atoms with Gasteiger partial charge in [-0.15, -0.1) is 0 Å². The Balaban J connectivity index is 0.000000121. The van der Waals surface area contributed by atoms with Gasteiger partial charge in [-0.2, -0.15) is 0 Å². The molecule has 9 fully saturated rings. The molecule has 5 nitrogen and oxygen atoms in total. The third kappa shape index (κ3) is 11.6. The molecule has 4 aromatic carbocycles. The molecule has 400 valence electrons. The maximum atomic E-state index is 14.3. The fourth-order valence-corrected chi connectivity index (χ4v) is 16.7. The molecule has 0 spiro atoms. The molecule has 0 aromatic heterocycles. The van der Waals surface area contributed by atoms with Crippen LogP contribution in [0, 0.1) is 64.6 Å². The van der Waals surface area contributed by atoms with Gasteiger partial charge in [-0.3, -0.25) is 0 Å². The second-order valence-corrected chi connectivity index (χ2v) is 24.6. The number of hydrogen-bond acceptors (Lipinski definition) is 5.